The summed E-state index contributed by atoms with van der Waals surface area (Å²) in [6, 6.07) is 13.7. The highest BCUT2D eigenvalue weighted by Crippen LogP contribution is 2.34. The molecule has 0 spiro atoms. The number of fused-ring (bicyclic) bond motifs is 1. The van der Waals surface area contributed by atoms with Crippen LogP contribution in [0.15, 0.2) is 42.5 Å². The fourth-order valence-corrected chi connectivity index (χ4v) is 4.15. The second-order valence-corrected chi connectivity index (χ2v) is 8.52. The number of aliphatic hydroxyl groups excluding tert-OH is 1. The van der Waals surface area contributed by atoms with Crippen LogP contribution in [0, 0.1) is 5.92 Å². The lowest BCUT2D eigenvalue weighted by molar-refractivity contribution is -0.117. The molecule has 0 bridgehead atoms. The molecule has 0 aromatic heterocycles. The van der Waals surface area contributed by atoms with Gasteiger partial charge in [-0.15, -0.1) is 0 Å². The molecule has 3 aliphatic rings. The van der Waals surface area contributed by atoms with Crippen LogP contribution < -0.4 is 19.7 Å². The van der Waals surface area contributed by atoms with Crippen LogP contribution >= 0.6 is 0 Å². The SMILES string of the molecule is O=C(Nc1ccc([C@H](O)CN2CCN(c3ccc4c(c3)OCCO4)CC2)cc1)C1CC1. The Labute approximate surface area is 182 Å². The van der Waals surface area contributed by atoms with Gasteiger partial charge in [-0.25, -0.2) is 0 Å². The highest BCUT2D eigenvalue weighted by molar-refractivity contribution is 5.94. The van der Waals surface area contributed by atoms with Crippen molar-refractivity contribution in [1.82, 2.24) is 4.90 Å². The van der Waals surface area contributed by atoms with E-state index in [1.165, 1.54) is 0 Å². The second kappa shape index (κ2) is 8.77. The summed E-state index contributed by atoms with van der Waals surface area (Å²) in [7, 11) is 0. The van der Waals surface area contributed by atoms with Crippen molar-refractivity contribution in [2.75, 3.05) is 56.2 Å². The Morgan fingerprint density at radius 2 is 1.71 bits per heavy atom. The minimum atomic E-state index is -0.547. The van der Waals surface area contributed by atoms with Crippen LogP contribution in [-0.2, 0) is 4.79 Å². The number of carbonyl (C=O) groups is 1. The highest BCUT2D eigenvalue weighted by Gasteiger charge is 2.29. The van der Waals surface area contributed by atoms with E-state index >= 15 is 0 Å². The largest absolute Gasteiger partial charge is 0.486 e. The van der Waals surface area contributed by atoms with E-state index in [0.29, 0.717) is 19.8 Å². The third-order valence-corrected chi connectivity index (χ3v) is 6.21. The summed E-state index contributed by atoms with van der Waals surface area (Å²) in [4.78, 5) is 16.5. The number of hydrogen-bond acceptors (Lipinski definition) is 6. The number of amides is 1. The van der Waals surface area contributed by atoms with Crippen molar-refractivity contribution in [2.24, 2.45) is 5.92 Å². The molecule has 31 heavy (non-hydrogen) atoms. The number of nitrogens with zero attached hydrogens (tertiary/aromatic N) is 2. The molecule has 2 aromatic rings. The van der Waals surface area contributed by atoms with Crippen molar-refractivity contribution in [2.45, 2.75) is 18.9 Å². The molecule has 7 nitrogen and oxygen atoms in total. The van der Waals surface area contributed by atoms with E-state index in [0.717, 1.165) is 67.5 Å². The number of benzene rings is 2. The molecule has 7 heteroatoms. The molecule has 1 amide bonds. The Hall–Kier alpha value is -2.77. The molecular weight excluding hydrogens is 394 g/mol. The fraction of sp³-hybridized carbons (Fsp3) is 0.458. The molecule has 0 radical (unpaired) electrons. The van der Waals surface area contributed by atoms with Gasteiger partial charge in [-0.05, 0) is 42.7 Å². The first-order valence-corrected chi connectivity index (χ1v) is 11.1. The van der Waals surface area contributed by atoms with Gasteiger partial charge < -0.3 is 24.8 Å². The normalized spacial score (nSPS) is 19.7. The molecule has 5 rings (SSSR count). The van der Waals surface area contributed by atoms with Gasteiger partial charge in [-0.3, -0.25) is 9.69 Å². The van der Waals surface area contributed by atoms with Gasteiger partial charge in [0.2, 0.25) is 5.91 Å². The third-order valence-electron chi connectivity index (χ3n) is 6.21. The predicted octanol–water partition coefficient (Wildman–Crippen LogP) is 2.66. The number of β-amino-alcohol motifs (C(OH)–C–C–N with tert-alkyl or cyclic N) is 1. The zero-order valence-electron chi connectivity index (χ0n) is 17.6. The third kappa shape index (κ3) is 4.78. The Balaban J connectivity index is 1.12. The summed E-state index contributed by atoms with van der Waals surface area (Å²) in [6.45, 7) is 5.38. The molecule has 2 N–H and O–H groups in total. The molecule has 1 saturated heterocycles. The van der Waals surface area contributed by atoms with Gasteiger partial charge in [0.25, 0.3) is 0 Å². The summed E-state index contributed by atoms with van der Waals surface area (Å²) in [6.07, 6.45) is 1.43. The summed E-state index contributed by atoms with van der Waals surface area (Å²) in [5.41, 5.74) is 2.81. The van der Waals surface area contributed by atoms with Crippen molar-refractivity contribution >= 4 is 17.3 Å². The molecule has 2 aromatic carbocycles. The zero-order chi connectivity index (χ0) is 21.2. The first kappa shape index (κ1) is 20.2. The van der Waals surface area contributed by atoms with E-state index in [1.54, 1.807) is 0 Å². The maximum Gasteiger partial charge on any atom is 0.227 e. The number of anilines is 2. The lowest BCUT2D eigenvalue weighted by atomic mass is 10.1. The van der Waals surface area contributed by atoms with Crippen LogP contribution in [0.1, 0.15) is 24.5 Å². The summed E-state index contributed by atoms with van der Waals surface area (Å²) >= 11 is 0. The first-order valence-electron chi connectivity index (χ1n) is 11.1. The minimum absolute atomic E-state index is 0.101. The summed E-state index contributed by atoms with van der Waals surface area (Å²) < 4.78 is 11.3. The standard InChI is InChI=1S/C24H29N3O4/c28-21(17-3-5-19(6-4-17)25-24(29)18-1-2-18)16-26-9-11-27(12-10-26)20-7-8-22-23(15-20)31-14-13-30-22/h3-8,15,18,21,28H,1-2,9-14,16H2,(H,25,29)/t21-/m1/s1. The first-order chi connectivity index (χ1) is 15.2. The van der Waals surface area contributed by atoms with E-state index in [-0.39, 0.29) is 11.8 Å². The number of aliphatic hydroxyl groups is 1. The maximum atomic E-state index is 11.9. The molecule has 0 unspecified atom stereocenters. The molecule has 1 atom stereocenters. The quantitative estimate of drug-likeness (QED) is 0.744. The van der Waals surface area contributed by atoms with E-state index in [4.69, 9.17) is 9.47 Å². The van der Waals surface area contributed by atoms with Gasteiger partial charge in [-0.2, -0.15) is 0 Å². The average Bonchev–Trinajstić information content (AvgIpc) is 3.65. The molecule has 2 heterocycles. The number of piperazine rings is 1. The second-order valence-electron chi connectivity index (χ2n) is 8.52. The smallest absolute Gasteiger partial charge is 0.227 e. The number of carbonyl (C=O) groups excluding carboxylic acids is 1. The van der Waals surface area contributed by atoms with Gasteiger partial charge in [0.15, 0.2) is 11.5 Å². The molecule has 164 valence electrons. The van der Waals surface area contributed by atoms with Gasteiger partial charge in [0, 0.05) is 56.1 Å². The van der Waals surface area contributed by atoms with Crippen molar-refractivity contribution in [3.05, 3.63) is 48.0 Å². The van der Waals surface area contributed by atoms with Crippen LogP contribution in [-0.4, -0.2) is 61.9 Å². The average molecular weight is 424 g/mol. The monoisotopic (exact) mass is 423 g/mol. The summed E-state index contributed by atoms with van der Waals surface area (Å²) in [5.74, 6) is 1.92. The van der Waals surface area contributed by atoms with Crippen molar-refractivity contribution < 1.29 is 19.4 Å². The lowest BCUT2D eigenvalue weighted by Crippen LogP contribution is -2.47. The van der Waals surface area contributed by atoms with E-state index in [9.17, 15) is 9.90 Å². The van der Waals surface area contributed by atoms with Crippen LogP contribution in [0.25, 0.3) is 0 Å². The molecule has 2 fully saturated rings. The Kier molecular flexibility index (Phi) is 5.70. The van der Waals surface area contributed by atoms with Gasteiger partial charge in [0.1, 0.15) is 13.2 Å². The van der Waals surface area contributed by atoms with Crippen molar-refractivity contribution in [3.63, 3.8) is 0 Å². The van der Waals surface area contributed by atoms with E-state index in [2.05, 4.69) is 27.2 Å². The maximum absolute atomic E-state index is 11.9. The lowest BCUT2D eigenvalue weighted by Gasteiger charge is -2.37. The molecule has 2 aliphatic heterocycles. The van der Waals surface area contributed by atoms with Gasteiger partial charge in [0.05, 0.1) is 6.10 Å². The van der Waals surface area contributed by atoms with Gasteiger partial charge in [-0.1, -0.05) is 12.1 Å². The van der Waals surface area contributed by atoms with Crippen molar-refractivity contribution in [1.29, 1.82) is 0 Å². The number of hydrogen-bond donors (Lipinski definition) is 2. The highest BCUT2D eigenvalue weighted by atomic mass is 16.6. The number of nitrogens with one attached hydrogen (secondary N) is 1. The Morgan fingerprint density at radius 1 is 1.00 bits per heavy atom. The van der Waals surface area contributed by atoms with Crippen LogP contribution in [0.2, 0.25) is 0 Å². The number of ether oxygens (including phenoxy) is 2. The van der Waals surface area contributed by atoms with Crippen LogP contribution in [0.5, 0.6) is 11.5 Å². The zero-order valence-corrected chi connectivity index (χ0v) is 17.6. The molecule has 1 saturated carbocycles. The van der Waals surface area contributed by atoms with Crippen LogP contribution in [0.4, 0.5) is 11.4 Å². The number of rotatable bonds is 6. The van der Waals surface area contributed by atoms with Crippen LogP contribution in [0.3, 0.4) is 0 Å². The topological polar surface area (TPSA) is 74.3 Å². The molecule has 1 aliphatic carbocycles. The summed E-state index contributed by atoms with van der Waals surface area (Å²) in [5, 5.41) is 13.6. The fourth-order valence-electron chi connectivity index (χ4n) is 4.15. The van der Waals surface area contributed by atoms with E-state index < -0.39 is 6.10 Å². The van der Waals surface area contributed by atoms with Gasteiger partial charge >= 0.3 is 0 Å². The molecular formula is C24H29N3O4. The Bertz CT molecular complexity index is 921. The van der Waals surface area contributed by atoms with E-state index in [1.807, 2.05) is 30.3 Å². The Morgan fingerprint density at radius 3 is 2.42 bits per heavy atom. The predicted molar refractivity (Wildman–Crippen MR) is 119 cm³/mol. The van der Waals surface area contributed by atoms with Crippen molar-refractivity contribution in [3.8, 4) is 11.5 Å². The minimum Gasteiger partial charge on any atom is -0.486 e.